The van der Waals surface area contributed by atoms with Crippen molar-refractivity contribution in [3.63, 3.8) is 0 Å². The maximum Gasteiger partial charge on any atom is 0.266 e. The van der Waals surface area contributed by atoms with Crippen LogP contribution in [0.2, 0.25) is 0 Å². The average molecular weight is 363 g/mol. The Bertz CT molecular complexity index is 761. The van der Waals surface area contributed by atoms with Crippen LogP contribution in [0.3, 0.4) is 0 Å². The van der Waals surface area contributed by atoms with Gasteiger partial charge in [-0.3, -0.25) is 9.69 Å². The van der Waals surface area contributed by atoms with Gasteiger partial charge in [-0.05, 0) is 24.3 Å². The van der Waals surface area contributed by atoms with Crippen LogP contribution < -0.4 is 0 Å². The van der Waals surface area contributed by atoms with E-state index < -0.39 is 0 Å². The molecule has 3 heterocycles. The summed E-state index contributed by atoms with van der Waals surface area (Å²) in [6.45, 7) is 4.06. The molecular formula is C16H13NO3S3. The Balaban J connectivity index is 1.67. The molecule has 118 valence electrons. The summed E-state index contributed by atoms with van der Waals surface area (Å²) >= 11 is 8.02. The summed E-state index contributed by atoms with van der Waals surface area (Å²) in [6.07, 6.45) is 5.03. The minimum absolute atomic E-state index is 0.110. The third-order valence-corrected chi connectivity index (χ3v) is 5.31. The molecule has 3 rings (SSSR count). The molecule has 0 aliphatic carbocycles. The van der Waals surface area contributed by atoms with Gasteiger partial charge >= 0.3 is 0 Å². The van der Waals surface area contributed by atoms with Gasteiger partial charge in [-0.25, -0.2) is 0 Å². The van der Waals surface area contributed by atoms with Crippen LogP contribution in [-0.4, -0.2) is 21.7 Å². The molecular weight excluding hydrogens is 350 g/mol. The fourth-order valence-corrected chi connectivity index (χ4v) is 3.97. The molecule has 23 heavy (non-hydrogen) atoms. The minimum atomic E-state index is -0.110. The molecule has 0 unspecified atom stereocenters. The molecule has 0 atom stereocenters. The van der Waals surface area contributed by atoms with E-state index in [-0.39, 0.29) is 5.91 Å². The quantitative estimate of drug-likeness (QED) is 0.325. The zero-order chi connectivity index (χ0) is 16.2. The fraction of sp³-hybridized carbons (Fsp3) is 0.125. The lowest BCUT2D eigenvalue weighted by atomic mass is 10.3. The first-order valence-electron chi connectivity index (χ1n) is 6.78. The minimum Gasteiger partial charge on any atom is -0.468 e. The summed E-state index contributed by atoms with van der Waals surface area (Å²) in [5, 5.41) is 0.772. The van der Waals surface area contributed by atoms with Gasteiger partial charge in [-0.2, -0.15) is 0 Å². The number of thioether (sulfide) groups is 2. The van der Waals surface area contributed by atoms with Gasteiger partial charge in [-0.15, -0.1) is 6.58 Å². The van der Waals surface area contributed by atoms with Gasteiger partial charge in [0.2, 0.25) is 0 Å². The van der Waals surface area contributed by atoms with Gasteiger partial charge < -0.3 is 8.83 Å². The van der Waals surface area contributed by atoms with Gasteiger partial charge in [0, 0.05) is 12.6 Å². The second-order valence-electron chi connectivity index (χ2n) is 4.61. The number of rotatable bonds is 6. The highest BCUT2D eigenvalue weighted by molar-refractivity contribution is 8.26. The van der Waals surface area contributed by atoms with E-state index in [4.69, 9.17) is 21.1 Å². The third-order valence-electron chi connectivity index (χ3n) is 3.00. The standard InChI is InChI=1S/C16H13NO3S3/c1-2-7-17-15(18)13(23-16(17)21)9-11-5-6-14(20-11)22-10-12-4-3-8-19-12/h2-6,8-9H,1,7,10H2/b13-9-. The molecule has 0 radical (unpaired) electrons. The van der Waals surface area contributed by atoms with Gasteiger partial charge in [0.25, 0.3) is 5.91 Å². The third kappa shape index (κ3) is 3.80. The Morgan fingerprint density at radius 1 is 1.39 bits per heavy atom. The van der Waals surface area contributed by atoms with E-state index in [9.17, 15) is 4.79 Å². The van der Waals surface area contributed by atoms with Crippen LogP contribution in [0.15, 0.2) is 62.0 Å². The van der Waals surface area contributed by atoms with Crippen LogP contribution in [0.5, 0.6) is 0 Å². The second kappa shape index (κ2) is 7.25. The SMILES string of the molecule is C=CCN1C(=O)/C(=C/c2ccc(SCc3ccco3)o2)SC1=S. The van der Waals surface area contributed by atoms with E-state index in [1.807, 2.05) is 24.3 Å². The van der Waals surface area contributed by atoms with Crippen LogP contribution in [0.4, 0.5) is 0 Å². The van der Waals surface area contributed by atoms with E-state index in [0.717, 1.165) is 10.9 Å². The summed E-state index contributed by atoms with van der Waals surface area (Å²) in [6, 6.07) is 7.49. The number of carbonyl (C=O) groups is 1. The highest BCUT2D eigenvalue weighted by Gasteiger charge is 2.31. The predicted octanol–water partition coefficient (Wildman–Crippen LogP) is 4.55. The lowest BCUT2D eigenvalue weighted by Gasteiger charge is -2.10. The van der Waals surface area contributed by atoms with Crippen LogP contribution in [0.1, 0.15) is 11.5 Å². The molecule has 0 aromatic carbocycles. The summed E-state index contributed by atoms with van der Waals surface area (Å²) < 4.78 is 11.5. The number of hydrogen-bond acceptors (Lipinski definition) is 6. The normalized spacial score (nSPS) is 16.5. The van der Waals surface area contributed by atoms with Gasteiger partial charge in [0.05, 0.1) is 16.9 Å². The van der Waals surface area contributed by atoms with Crippen molar-refractivity contribution in [2.24, 2.45) is 0 Å². The lowest BCUT2D eigenvalue weighted by Crippen LogP contribution is -2.27. The van der Waals surface area contributed by atoms with Crippen molar-refractivity contribution in [2.75, 3.05) is 6.54 Å². The summed E-state index contributed by atoms with van der Waals surface area (Å²) in [7, 11) is 0. The molecule has 1 saturated heterocycles. The number of carbonyl (C=O) groups excluding carboxylic acids is 1. The molecule has 0 spiro atoms. The number of furan rings is 2. The molecule has 4 nitrogen and oxygen atoms in total. The predicted molar refractivity (Wildman–Crippen MR) is 97.1 cm³/mol. The first kappa shape index (κ1) is 16.2. The average Bonchev–Trinajstić information content (AvgIpc) is 3.24. The number of thiocarbonyl (C=S) groups is 1. The van der Waals surface area contributed by atoms with Crippen molar-refractivity contribution in [1.82, 2.24) is 4.90 Å². The van der Waals surface area contributed by atoms with Crippen molar-refractivity contribution in [3.05, 3.63) is 59.6 Å². The van der Waals surface area contributed by atoms with E-state index >= 15 is 0 Å². The Morgan fingerprint density at radius 3 is 3.00 bits per heavy atom. The van der Waals surface area contributed by atoms with Gasteiger partial charge in [0.15, 0.2) is 5.09 Å². The van der Waals surface area contributed by atoms with Crippen LogP contribution in [0, 0.1) is 0 Å². The first-order chi connectivity index (χ1) is 11.2. The van der Waals surface area contributed by atoms with Crippen molar-refractivity contribution in [3.8, 4) is 0 Å². The second-order valence-corrected chi connectivity index (χ2v) is 7.26. The smallest absolute Gasteiger partial charge is 0.266 e. The van der Waals surface area contributed by atoms with E-state index in [1.54, 1.807) is 18.4 Å². The van der Waals surface area contributed by atoms with Crippen molar-refractivity contribution in [2.45, 2.75) is 10.8 Å². The Labute approximate surface area is 147 Å². The zero-order valence-corrected chi connectivity index (χ0v) is 14.5. The molecule has 2 aromatic heterocycles. The van der Waals surface area contributed by atoms with Crippen molar-refractivity contribution < 1.29 is 13.6 Å². The number of nitrogens with zero attached hydrogens (tertiary/aromatic N) is 1. The van der Waals surface area contributed by atoms with E-state index in [0.29, 0.717) is 27.3 Å². The molecule has 1 amide bonds. The largest absolute Gasteiger partial charge is 0.468 e. The van der Waals surface area contributed by atoms with Gasteiger partial charge in [0.1, 0.15) is 15.8 Å². The summed E-state index contributed by atoms with van der Waals surface area (Å²) in [5.41, 5.74) is 0. The fourth-order valence-electron chi connectivity index (χ4n) is 1.94. The molecule has 2 aromatic rings. The lowest BCUT2D eigenvalue weighted by molar-refractivity contribution is -0.121. The highest BCUT2D eigenvalue weighted by atomic mass is 32.2. The zero-order valence-electron chi connectivity index (χ0n) is 12.1. The highest BCUT2D eigenvalue weighted by Crippen LogP contribution is 2.33. The maximum absolute atomic E-state index is 12.2. The molecule has 7 heteroatoms. The first-order valence-corrected chi connectivity index (χ1v) is 8.99. The Morgan fingerprint density at radius 2 is 2.26 bits per heavy atom. The number of hydrogen-bond donors (Lipinski definition) is 0. The van der Waals surface area contributed by atoms with Crippen molar-refractivity contribution >= 4 is 52.0 Å². The van der Waals surface area contributed by atoms with Crippen LogP contribution in [0.25, 0.3) is 6.08 Å². The molecule has 1 aliphatic rings. The van der Waals surface area contributed by atoms with Crippen LogP contribution >= 0.6 is 35.7 Å². The summed E-state index contributed by atoms with van der Waals surface area (Å²) in [5.74, 6) is 2.10. The Kier molecular flexibility index (Phi) is 5.09. The maximum atomic E-state index is 12.2. The summed E-state index contributed by atoms with van der Waals surface area (Å²) in [4.78, 5) is 14.3. The van der Waals surface area contributed by atoms with E-state index in [2.05, 4.69) is 6.58 Å². The molecule has 1 aliphatic heterocycles. The van der Waals surface area contributed by atoms with Crippen molar-refractivity contribution in [1.29, 1.82) is 0 Å². The molecule has 0 N–H and O–H groups in total. The molecule has 0 saturated carbocycles. The topological polar surface area (TPSA) is 46.6 Å². The van der Waals surface area contributed by atoms with E-state index in [1.165, 1.54) is 28.4 Å². The molecule has 0 bridgehead atoms. The molecule has 1 fully saturated rings. The monoisotopic (exact) mass is 363 g/mol. The van der Waals surface area contributed by atoms with Gasteiger partial charge in [-0.1, -0.05) is 41.8 Å². The Hall–Kier alpha value is -1.70. The van der Waals surface area contributed by atoms with Crippen LogP contribution in [-0.2, 0) is 10.5 Å². The number of amides is 1.